The molecule has 0 bridgehead atoms. The number of nitrogens with zero attached hydrogens (tertiary/aromatic N) is 2. The molecule has 4 heteroatoms. The Kier molecular flexibility index (Phi) is 3.22. The molecule has 96 valence electrons. The molecule has 1 heterocycles. The summed E-state index contributed by atoms with van der Waals surface area (Å²) in [6, 6.07) is 7.91. The number of aryl methyl sites for hydroxylation is 1. The molecular formula is C14H19N3O. The minimum atomic E-state index is -0.765. The number of aromatic nitrogens is 2. The Hall–Kier alpha value is -1.68. The minimum absolute atomic E-state index is 0.0360. The highest BCUT2D eigenvalue weighted by Crippen LogP contribution is 2.20. The van der Waals surface area contributed by atoms with E-state index in [9.17, 15) is 4.79 Å². The van der Waals surface area contributed by atoms with Crippen LogP contribution in [0.1, 0.15) is 26.0 Å². The van der Waals surface area contributed by atoms with Crippen molar-refractivity contribution in [2.45, 2.75) is 32.2 Å². The van der Waals surface area contributed by atoms with Gasteiger partial charge in [0.15, 0.2) is 5.78 Å². The summed E-state index contributed by atoms with van der Waals surface area (Å²) in [6.07, 6.45) is 0.929. The number of hydrogen-bond acceptors (Lipinski definition) is 3. The van der Waals surface area contributed by atoms with E-state index in [0.29, 0.717) is 12.8 Å². The average Bonchev–Trinajstić information content (AvgIpc) is 2.67. The zero-order valence-electron chi connectivity index (χ0n) is 11.1. The van der Waals surface area contributed by atoms with Gasteiger partial charge < -0.3 is 5.73 Å². The maximum atomic E-state index is 12.1. The molecule has 18 heavy (non-hydrogen) atoms. The number of hydrogen-bond donors (Lipinski definition) is 1. The molecule has 0 fully saturated rings. The highest BCUT2D eigenvalue weighted by atomic mass is 16.1. The quantitative estimate of drug-likeness (QED) is 0.893. The smallest absolute Gasteiger partial charge is 0.158 e. The van der Waals surface area contributed by atoms with Crippen molar-refractivity contribution in [2.24, 2.45) is 12.8 Å². The molecule has 1 atom stereocenters. The third-order valence-corrected chi connectivity index (χ3v) is 3.53. The molecule has 2 aromatic rings. The van der Waals surface area contributed by atoms with Crippen molar-refractivity contribution in [3.63, 3.8) is 0 Å². The van der Waals surface area contributed by atoms with Gasteiger partial charge in [0.1, 0.15) is 0 Å². The molecule has 0 aliphatic heterocycles. The van der Waals surface area contributed by atoms with Crippen molar-refractivity contribution < 1.29 is 4.79 Å². The zero-order valence-corrected chi connectivity index (χ0v) is 11.1. The first-order chi connectivity index (χ1) is 8.45. The Labute approximate surface area is 107 Å². The van der Waals surface area contributed by atoms with Gasteiger partial charge in [-0.25, -0.2) is 0 Å². The first-order valence-corrected chi connectivity index (χ1v) is 6.18. The Balaban J connectivity index is 2.36. The van der Waals surface area contributed by atoms with Crippen LogP contribution in [0.15, 0.2) is 24.3 Å². The predicted octanol–water partition coefficient (Wildman–Crippen LogP) is 1.81. The van der Waals surface area contributed by atoms with Crippen LogP contribution in [0, 0.1) is 0 Å². The van der Waals surface area contributed by atoms with Crippen LogP contribution in [0.25, 0.3) is 10.9 Å². The highest BCUT2D eigenvalue weighted by Gasteiger charge is 2.27. The second kappa shape index (κ2) is 4.53. The number of rotatable bonds is 4. The molecule has 0 radical (unpaired) electrons. The fourth-order valence-corrected chi connectivity index (χ4v) is 1.97. The molecule has 1 aromatic heterocycles. The van der Waals surface area contributed by atoms with Gasteiger partial charge in [-0.05, 0) is 19.4 Å². The number of para-hydroxylation sites is 1. The standard InChI is InChI=1S/C14H19N3O/c1-4-14(2,15)13(18)9-11-10-7-5-6-8-12(10)17(3)16-11/h5-8H,4,9,15H2,1-3H3. The van der Waals surface area contributed by atoms with Crippen molar-refractivity contribution in [2.75, 3.05) is 0 Å². The Bertz CT molecular complexity index is 584. The number of ketones is 1. The maximum absolute atomic E-state index is 12.1. The first-order valence-electron chi connectivity index (χ1n) is 6.18. The van der Waals surface area contributed by atoms with Crippen molar-refractivity contribution >= 4 is 16.7 Å². The van der Waals surface area contributed by atoms with E-state index in [1.807, 2.05) is 38.2 Å². The van der Waals surface area contributed by atoms with Gasteiger partial charge in [0.05, 0.1) is 23.2 Å². The molecule has 1 unspecified atom stereocenters. The normalized spacial score (nSPS) is 14.7. The molecule has 2 rings (SSSR count). The summed E-state index contributed by atoms with van der Waals surface area (Å²) in [5.41, 5.74) is 7.05. The predicted molar refractivity (Wildman–Crippen MR) is 72.3 cm³/mol. The fourth-order valence-electron chi connectivity index (χ4n) is 1.97. The van der Waals surface area contributed by atoms with Crippen LogP contribution < -0.4 is 5.73 Å². The SMILES string of the molecule is CCC(C)(N)C(=O)Cc1nn(C)c2ccccc12. The lowest BCUT2D eigenvalue weighted by atomic mass is 9.91. The van der Waals surface area contributed by atoms with E-state index in [1.54, 1.807) is 11.6 Å². The molecule has 0 aliphatic carbocycles. The van der Waals surface area contributed by atoms with E-state index in [2.05, 4.69) is 5.10 Å². The average molecular weight is 245 g/mol. The van der Waals surface area contributed by atoms with E-state index in [1.165, 1.54) is 0 Å². The number of carbonyl (C=O) groups excluding carboxylic acids is 1. The highest BCUT2D eigenvalue weighted by molar-refractivity contribution is 5.93. The second-order valence-corrected chi connectivity index (χ2v) is 4.96. The van der Waals surface area contributed by atoms with E-state index in [-0.39, 0.29) is 5.78 Å². The molecule has 2 N–H and O–H groups in total. The van der Waals surface area contributed by atoms with Crippen LogP contribution in [-0.4, -0.2) is 21.1 Å². The third kappa shape index (κ3) is 2.16. The zero-order chi connectivity index (χ0) is 13.3. The molecule has 0 spiro atoms. The molecule has 0 saturated carbocycles. The van der Waals surface area contributed by atoms with Crippen molar-refractivity contribution in [3.8, 4) is 0 Å². The van der Waals surface area contributed by atoms with E-state index in [4.69, 9.17) is 5.73 Å². The summed E-state index contributed by atoms with van der Waals surface area (Å²) in [5.74, 6) is 0.0360. The van der Waals surface area contributed by atoms with Crippen molar-refractivity contribution in [3.05, 3.63) is 30.0 Å². The van der Waals surface area contributed by atoms with Gasteiger partial charge in [0.25, 0.3) is 0 Å². The summed E-state index contributed by atoms with van der Waals surface area (Å²) >= 11 is 0. The number of nitrogens with two attached hydrogens (primary N) is 1. The Morgan fingerprint density at radius 2 is 2.11 bits per heavy atom. The van der Waals surface area contributed by atoms with E-state index >= 15 is 0 Å². The van der Waals surface area contributed by atoms with Crippen LogP contribution in [0.2, 0.25) is 0 Å². The van der Waals surface area contributed by atoms with Crippen molar-refractivity contribution in [1.82, 2.24) is 9.78 Å². The van der Waals surface area contributed by atoms with Crippen LogP contribution in [0.4, 0.5) is 0 Å². The maximum Gasteiger partial charge on any atom is 0.158 e. The van der Waals surface area contributed by atoms with Gasteiger partial charge in [-0.2, -0.15) is 5.10 Å². The minimum Gasteiger partial charge on any atom is -0.319 e. The first kappa shape index (κ1) is 12.8. The number of fused-ring (bicyclic) bond motifs is 1. The topological polar surface area (TPSA) is 60.9 Å². The van der Waals surface area contributed by atoms with Gasteiger partial charge >= 0.3 is 0 Å². The third-order valence-electron chi connectivity index (χ3n) is 3.53. The molecule has 4 nitrogen and oxygen atoms in total. The summed E-state index contributed by atoms with van der Waals surface area (Å²) < 4.78 is 1.80. The number of Topliss-reactive ketones (excluding diaryl/α,β-unsaturated/α-hetero) is 1. The summed E-state index contributed by atoms with van der Waals surface area (Å²) in [6.45, 7) is 3.70. The van der Waals surface area contributed by atoms with Crippen LogP contribution in [0.5, 0.6) is 0 Å². The van der Waals surface area contributed by atoms with Gasteiger partial charge in [-0.1, -0.05) is 25.1 Å². The lowest BCUT2D eigenvalue weighted by Crippen LogP contribution is -2.45. The second-order valence-electron chi connectivity index (χ2n) is 4.96. The van der Waals surface area contributed by atoms with Crippen molar-refractivity contribution in [1.29, 1.82) is 0 Å². The molecular weight excluding hydrogens is 226 g/mol. The molecule has 0 aliphatic rings. The lowest BCUT2D eigenvalue weighted by molar-refractivity contribution is -0.123. The summed E-state index contributed by atoms with van der Waals surface area (Å²) in [5, 5.41) is 5.45. The van der Waals surface area contributed by atoms with Gasteiger partial charge in [0.2, 0.25) is 0 Å². The Morgan fingerprint density at radius 1 is 1.44 bits per heavy atom. The fraction of sp³-hybridized carbons (Fsp3) is 0.429. The summed E-state index contributed by atoms with van der Waals surface area (Å²) in [7, 11) is 1.89. The van der Waals surface area contributed by atoms with Gasteiger partial charge in [-0.15, -0.1) is 0 Å². The lowest BCUT2D eigenvalue weighted by Gasteiger charge is -2.20. The molecule has 0 amide bonds. The van der Waals surface area contributed by atoms with Crippen LogP contribution >= 0.6 is 0 Å². The molecule has 0 saturated heterocycles. The number of benzene rings is 1. The monoisotopic (exact) mass is 245 g/mol. The molecule has 1 aromatic carbocycles. The van der Waals surface area contributed by atoms with Gasteiger partial charge in [0, 0.05) is 12.4 Å². The van der Waals surface area contributed by atoms with Crippen LogP contribution in [0.3, 0.4) is 0 Å². The summed E-state index contributed by atoms with van der Waals surface area (Å²) in [4.78, 5) is 12.1. The van der Waals surface area contributed by atoms with E-state index < -0.39 is 5.54 Å². The van der Waals surface area contributed by atoms with E-state index in [0.717, 1.165) is 16.6 Å². The largest absolute Gasteiger partial charge is 0.319 e. The van der Waals surface area contributed by atoms with Gasteiger partial charge in [-0.3, -0.25) is 9.48 Å². The Morgan fingerprint density at radius 3 is 2.78 bits per heavy atom. The number of carbonyl (C=O) groups is 1. The van der Waals surface area contributed by atoms with Crippen LogP contribution in [-0.2, 0) is 18.3 Å².